The first-order chi connectivity index (χ1) is 7.09. The Balaban J connectivity index is 2.61. The van der Waals surface area contributed by atoms with Crippen LogP contribution in [0.2, 0.25) is 0 Å². The number of hydrogen-bond donors (Lipinski definition) is 1. The van der Waals surface area contributed by atoms with Gasteiger partial charge >= 0.3 is 5.97 Å². The van der Waals surface area contributed by atoms with Gasteiger partial charge in [-0.2, -0.15) is 0 Å². The fourth-order valence-electron chi connectivity index (χ4n) is 1.28. The average molecular weight is 205 g/mol. The van der Waals surface area contributed by atoms with Crippen molar-refractivity contribution in [3.8, 4) is 0 Å². The van der Waals surface area contributed by atoms with Crippen LogP contribution in [0, 0.1) is 6.92 Å². The number of carbonyl (C=O) groups is 1. The Morgan fingerprint density at radius 1 is 1.53 bits per heavy atom. The molecule has 80 valence electrons. The van der Waals surface area contributed by atoms with Gasteiger partial charge in [0.1, 0.15) is 0 Å². The molecule has 0 aromatic heterocycles. The third-order valence-corrected chi connectivity index (χ3v) is 2.08. The molecule has 0 aliphatic carbocycles. The second-order valence-electron chi connectivity index (χ2n) is 3.46. The number of anilines is 1. The van der Waals surface area contributed by atoms with Crippen molar-refractivity contribution in [2.75, 3.05) is 18.5 Å². The van der Waals surface area contributed by atoms with Crippen LogP contribution in [0.25, 0.3) is 0 Å². The molecule has 0 atom stereocenters. The van der Waals surface area contributed by atoms with Crippen LogP contribution in [-0.4, -0.2) is 24.7 Å². The summed E-state index contributed by atoms with van der Waals surface area (Å²) in [6, 6.07) is 8.09. The second-order valence-corrected chi connectivity index (χ2v) is 3.46. The van der Waals surface area contributed by atoms with Crippen LogP contribution in [0.3, 0.4) is 0 Å². The first-order valence-electron chi connectivity index (χ1n) is 4.77. The van der Waals surface area contributed by atoms with E-state index in [4.69, 9.17) is 5.11 Å². The van der Waals surface area contributed by atoms with Crippen molar-refractivity contribution >= 4 is 11.7 Å². The van der Waals surface area contributed by atoms with E-state index in [1.54, 1.807) is 6.08 Å². The van der Waals surface area contributed by atoms with Crippen molar-refractivity contribution in [2.45, 2.75) is 6.92 Å². The van der Waals surface area contributed by atoms with E-state index in [9.17, 15) is 4.79 Å². The van der Waals surface area contributed by atoms with Crippen molar-refractivity contribution in [1.82, 2.24) is 0 Å². The lowest BCUT2D eigenvalue weighted by atomic mass is 10.2. The molecule has 0 aliphatic rings. The van der Waals surface area contributed by atoms with Gasteiger partial charge in [-0.05, 0) is 24.6 Å². The molecule has 1 aromatic rings. The largest absolute Gasteiger partial charge is 0.478 e. The number of likely N-dealkylation sites (N-methyl/N-ethyl adjacent to an activating group) is 1. The Hall–Kier alpha value is -1.77. The number of carboxylic acid groups (broad SMARTS) is 1. The number of nitrogens with zero attached hydrogens (tertiary/aromatic N) is 1. The molecular weight excluding hydrogens is 190 g/mol. The van der Waals surface area contributed by atoms with Crippen LogP contribution < -0.4 is 4.90 Å². The highest BCUT2D eigenvalue weighted by Crippen LogP contribution is 2.13. The molecule has 1 rings (SSSR count). The minimum Gasteiger partial charge on any atom is -0.478 e. The zero-order valence-corrected chi connectivity index (χ0v) is 8.97. The van der Waals surface area contributed by atoms with E-state index in [2.05, 4.69) is 6.07 Å². The summed E-state index contributed by atoms with van der Waals surface area (Å²) < 4.78 is 0. The molecule has 0 amide bonds. The molecule has 1 N–H and O–H groups in total. The molecule has 3 nitrogen and oxygen atoms in total. The van der Waals surface area contributed by atoms with Gasteiger partial charge in [0, 0.05) is 25.4 Å². The van der Waals surface area contributed by atoms with E-state index in [-0.39, 0.29) is 0 Å². The number of carboxylic acids is 1. The van der Waals surface area contributed by atoms with Gasteiger partial charge < -0.3 is 10.0 Å². The maximum Gasteiger partial charge on any atom is 0.328 e. The zero-order chi connectivity index (χ0) is 11.3. The van der Waals surface area contributed by atoms with Gasteiger partial charge in [-0.3, -0.25) is 0 Å². The maximum absolute atomic E-state index is 10.3. The summed E-state index contributed by atoms with van der Waals surface area (Å²) in [5.41, 5.74) is 2.28. The Bertz CT molecular complexity index is 372. The van der Waals surface area contributed by atoms with Crippen LogP contribution in [0.4, 0.5) is 5.69 Å². The highest BCUT2D eigenvalue weighted by molar-refractivity contribution is 5.79. The minimum atomic E-state index is -0.910. The molecule has 0 heterocycles. The summed E-state index contributed by atoms with van der Waals surface area (Å²) in [6.07, 6.45) is 2.79. The maximum atomic E-state index is 10.3. The Kier molecular flexibility index (Phi) is 3.92. The SMILES string of the molecule is Cc1cccc(N(C)CC=CC(=O)O)c1. The fourth-order valence-corrected chi connectivity index (χ4v) is 1.28. The first-order valence-corrected chi connectivity index (χ1v) is 4.77. The van der Waals surface area contributed by atoms with Gasteiger partial charge in [-0.25, -0.2) is 4.79 Å². The van der Waals surface area contributed by atoms with Crippen LogP contribution in [0.5, 0.6) is 0 Å². The summed E-state index contributed by atoms with van der Waals surface area (Å²) >= 11 is 0. The fraction of sp³-hybridized carbons (Fsp3) is 0.250. The topological polar surface area (TPSA) is 40.5 Å². The van der Waals surface area contributed by atoms with E-state index < -0.39 is 5.97 Å². The summed E-state index contributed by atoms with van der Waals surface area (Å²) in [5.74, 6) is -0.910. The lowest BCUT2D eigenvalue weighted by Gasteiger charge is -2.17. The van der Waals surface area contributed by atoms with Crippen molar-refractivity contribution < 1.29 is 9.90 Å². The monoisotopic (exact) mass is 205 g/mol. The van der Waals surface area contributed by atoms with Crippen molar-refractivity contribution in [3.63, 3.8) is 0 Å². The summed E-state index contributed by atoms with van der Waals surface area (Å²) in [7, 11) is 1.93. The Morgan fingerprint density at radius 2 is 2.27 bits per heavy atom. The second kappa shape index (κ2) is 5.20. The average Bonchev–Trinajstić information content (AvgIpc) is 2.17. The Morgan fingerprint density at radius 3 is 2.87 bits per heavy atom. The molecule has 0 unspecified atom stereocenters. The molecule has 0 aliphatic heterocycles. The molecule has 15 heavy (non-hydrogen) atoms. The molecule has 0 spiro atoms. The minimum absolute atomic E-state index is 0.593. The molecule has 0 bridgehead atoms. The number of benzene rings is 1. The van der Waals surface area contributed by atoms with Gasteiger partial charge in [0.15, 0.2) is 0 Å². The predicted octanol–water partition coefficient (Wildman–Crippen LogP) is 2.07. The van der Waals surface area contributed by atoms with Gasteiger partial charge in [-0.1, -0.05) is 18.2 Å². The standard InChI is InChI=1S/C12H15NO2/c1-10-5-3-6-11(9-10)13(2)8-4-7-12(14)15/h3-7,9H,8H2,1-2H3,(H,14,15). The van der Waals surface area contributed by atoms with Gasteiger partial charge in [-0.15, -0.1) is 0 Å². The molecule has 0 saturated heterocycles. The van der Waals surface area contributed by atoms with Crippen LogP contribution >= 0.6 is 0 Å². The van der Waals surface area contributed by atoms with Crippen LogP contribution in [-0.2, 0) is 4.79 Å². The molecule has 0 saturated carbocycles. The summed E-state index contributed by atoms with van der Waals surface area (Å²) in [4.78, 5) is 12.3. The molecule has 0 fully saturated rings. The van der Waals surface area contributed by atoms with Crippen molar-refractivity contribution in [3.05, 3.63) is 42.0 Å². The van der Waals surface area contributed by atoms with E-state index >= 15 is 0 Å². The third kappa shape index (κ3) is 3.85. The van der Waals surface area contributed by atoms with E-state index in [0.717, 1.165) is 11.8 Å². The van der Waals surface area contributed by atoms with Crippen LogP contribution in [0.15, 0.2) is 36.4 Å². The number of rotatable bonds is 4. The predicted molar refractivity (Wildman–Crippen MR) is 61.2 cm³/mol. The lowest BCUT2D eigenvalue weighted by Crippen LogP contribution is -2.16. The van der Waals surface area contributed by atoms with E-state index in [0.29, 0.717) is 6.54 Å². The third-order valence-electron chi connectivity index (χ3n) is 2.08. The van der Waals surface area contributed by atoms with Gasteiger partial charge in [0.05, 0.1) is 0 Å². The smallest absolute Gasteiger partial charge is 0.328 e. The van der Waals surface area contributed by atoms with Crippen molar-refractivity contribution in [1.29, 1.82) is 0 Å². The molecule has 0 radical (unpaired) electrons. The molecule has 3 heteroatoms. The highest BCUT2D eigenvalue weighted by atomic mass is 16.4. The van der Waals surface area contributed by atoms with Gasteiger partial charge in [0.2, 0.25) is 0 Å². The summed E-state index contributed by atoms with van der Waals surface area (Å²) in [6.45, 7) is 2.63. The number of aryl methyl sites for hydroxylation is 1. The quantitative estimate of drug-likeness (QED) is 0.765. The highest BCUT2D eigenvalue weighted by Gasteiger charge is 1.98. The summed E-state index contributed by atoms with van der Waals surface area (Å²) in [5, 5.41) is 8.44. The van der Waals surface area contributed by atoms with E-state index in [1.807, 2.05) is 37.1 Å². The lowest BCUT2D eigenvalue weighted by molar-refractivity contribution is -0.131. The number of aliphatic carboxylic acids is 1. The van der Waals surface area contributed by atoms with E-state index in [1.165, 1.54) is 5.56 Å². The Labute approximate surface area is 89.6 Å². The van der Waals surface area contributed by atoms with Crippen molar-refractivity contribution in [2.24, 2.45) is 0 Å². The van der Waals surface area contributed by atoms with Gasteiger partial charge in [0.25, 0.3) is 0 Å². The van der Waals surface area contributed by atoms with Crippen LogP contribution in [0.1, 0.15) is 5.56 Å². The normalized spacial score (nSPS) is 10.5. The first kappa shape index (κ1) is 11.3. The number of hydrogen-bond acceptors (Lipinski definition) is 2. The molecular formula is C12H15NO2. The molecule has 1 aromatic carbocycles. The zero-order valence-electron chi connectivity index (χ0n) is 8.97.